The number of aliphatic hydroxyl groups excluding tert-OH is 1. The van der Waals surface area contributed by atoms with Crippen LogP contribution < -0.4 is 20.0 Å². The molecule has 1 unspecified atom stereocenters. The van der Waals surface area contributed by atoms with E-state index >= 15 is 0 Å². The molecular weight excluding hydrogens is 794 g/mol. The van der Waals surface area contributed by atoms with Crippen LogP contribution in [-0.2, 0) is 33.1 Å². The molecule has 61 heavy (non-hydrogen) atoms. The Morgan fingerprint density at radius 3 is 1.70 bits per heavy atom. The summed E-state index contributed by atoms with van der Waals surface area (Å²) >= 11 is 0. The SMILES string of the molecule is CCOPOCCCCCC(=O)N1CCc2c1ccc1[nH]c(C(=O)N3CCc4c3ccc3[nH]c(C(=O)N5CCc6c5ccc5[nH]c(C(=O)NCCCCCO)cc65)cc43)cc21. The molecule has 0 bridgehead atoms. The van der Waals surface area contributed by atoms with Crippen molar-refractivity contribution >= 4 is 82.4 Å². The molecule has 1 atom stereocenters. The summed E-state index contributed by atoms with van der Waals surface area (Å²) in [6.07, 6.45) is 7.57. The van der Waals surface area contributed by atoms with Gasteiger partial charge in [0.05, 0.1) is 13.2 Å². The van der Waals surface area contributed by atoms with Crippen LogP contribution in [0.1, 0.15) is 100 Å². The highest BCUT2D eigenvalue weighted by Crippen LogP contribution is 2.40. The molecule has 3 aliphatic heterocycles. The predicted octanol–water partition coefficient (Wildman–Crippen LogP) is 7.44. The van der Waals surface area contributed by atoms with Gasteiger partial charge >= 0.3 is 0 Å². The Hall–Kier alpha value is -5.53. The van der Waals surface area contributed by atoms with E-state index in [1.165, 1.54) is 0 Å². The van der Waals surface area contributed by atoms with Gasteiger partial charge in [0.2, 0.25) is 5.91 Å². The van der Waals surface area contributed by atoms with Crippen LogP contribution in [0.25, 0.3) is 32.7 Å². The van der Waals surface area contributed by atoms with Crippen LogP contribution >= 0.6 is 9.03 Å². The maximum Gasteiger partial charge on any atom is 0.274 e. The molecule has 15 heteroatoms. The highest BCUT2D eigenvalue weighted by atomic mass is 31.1. The summed E-state index contributed by atoms with van der Waals surface area (Å²) in [5, 5.41) is 14.8. The number of hydrogen-bond acceptors (Lipinski definition) is 7. The van der Waals surface area contributed by atoms with E-state index in [9.17, 15) is 19.2 Å². The number of benzene rings is 3. The van der Waals surface area contributed by atoms with E-state index in [-0.39, 0.29) is 39.3 Å². The minimum Gasteiger partial charge on any atom is -0.396 e. The fraction of sp³-hybridized carbons (Fsp3) is 0.391. The van der Waals surface area contributed by atoms with Crippen molar-refractivity contribution in [3.05, 3.63) is 88.4 Å². The highest BCUT2D eigenvalue weighted by molar-refractivity contribution is 7.26. The van der Waals surface area contributed by atoms with Crippen molar-refractivity contribution in [2.75, 3.05) is 60.7 Å². The second-order valence-electron chi connectivity index (χ2n) is 16.0. The molecular formula is C46H52N7O7P. The number of hydrogen-bond donors (Lipinski definition) is 5. The van der Waals surface area contributed by atoms with Crippen molar-refractivity contribution in [2.45, 2.75) is 71.1 Å². The Morgan fingerprint density at radius 1 is 0.639 bits per heavy atom. The largest absolute Gasteiger partial charge is 0.396 e. The Morgan fingerprint density at radius 2 is 1.15 bits per heavy atom. The van der Waals surface area contributed by atoms with Gasteiger partial charge in [-0.2, -0.15) is 0 Å². The zero-order valence-corrected chi connectivity index (χ0v) is 35.5. The normalized spacial score (nSPS) is 14.6. The van der Waals surface area contributed by atoms with Crippen molar-refractivity contribution in [1.82, 2.24) is 20.3 Å². The third-order valence-corrected chi connectivity index (χ3v) is 13.0. The number of amides is 4. The quantitative estimate of drug-likeness (QED) is 0.0468. The third kappa shape index (κ3) is 7.94. The first kappa shape index (κ1) is 40.9. The number of rotatable bonds is 17. The van der Waals surface area contributed by atoms with E-state index in [0.717, 1.165) is 111 Å². The second kappa shape index (κ2) is 17.8. The maximum absolute atomic E-state index is 14.2. The molecule has 4 amide bonds. The molecule has 3 aliphatic rings. The fourth-order valence-electron chi connectivity index (χ4n) is 9.28. The monoisotopic (exact) mass is 845 g/mol. The minimum absolute atomic E-state index is 0.0733. The van der Waals surface area contributed by atoms with Crippen LogP contribution in [0.2, 0.25) is 0 Å². The van der Waals surface area contributed by atoms with Gasteiger partial charge in [-0.1, -0.05) is 6.42 Å². The van der Waals surface area contributed by atoms with Crippen LogP contribution in [0.4, 0.5) is 17.1 Å². The smallest absolute Gasteiger partial charge is 0.274 e. The van der Waals surface area contributed by atoms with Crippen molar-refractivity contribution in [3.8, 4) is 0 Å². The Labute approximate surface area is 355 Å². The van der Waals surface area contributed by atoms with Crippen molar-refractivity contribution < 1.29 is 33.3 Å². The number of fused-ring (bicyclic) bond motifs is 9. The summed E-state index contributed by atoms with van der Waals surface area (Å²) in [6.45, 7) is 5.60. The van der Waals surface area contributed by atoms with Gasteiger partial charge in [0.15, 0.2) is 9.03 Å². The number of aromatic nitrogens is 3. The lowest BCUT2D eigenvalue weighted by Crippen LogP contribution is -2.29. The number of carbonyl (C=O) groups is 4. The van der Waals surface area contributed by atoms with Gasteiger partial charge in [-0.3, -0.25) is 19.2 Å². The third-order valence-electron chi connectivity index (χ3n) is 12.3. The zero-order valence-electron chi connectivity index (χ0n) is 34.5. The van der Waals surface area contributed by atoms with E-state index in [4.69, 9.17) is 14.2 Å². The van der Waals surface area contributed by atoms with Gasteiger partial charge in [-0.15, -0.1) is 0 Å². The van der Waals surface area contributed by atoms with Crippen molar-refractivity contribution in [1.29, 1.82) is 0 Å². The molecule has 9 rings (SSSR count). The van der Waals surface area contributed by atoms with Crippen LogP contribution in [0.3, 0.4) is 0 Å². The number of unbranched alkanes of at least 4 members (excludes halogenated alkanes) is 4. The lowest BCUT2D eigenvalue weighted by atomic mass is 10.1. The average Bonchev–Trinajstić information content (AvgIpc) is 4.13. The minimum atomic E-state index is -0.171. The van der Waals surface area contributed by atoms with Gasteiger partial charge in [0.1, 0.15) is 17.1 Å². The van der Waals surface area contributed by atoms with E-state index in [2.05, 4.69) is 20.3 Å². The lowest BCUT2D eigenvalue weighted by molar-refractivity contribution is -0.118. The topological polar surface area (TPSA) is 176 Å². The molecule has 5 N–H and O–H groups in total. The van der Waals surface area contributed by atoms with Crippen molar-refractivity contribution in [2.24, 2.45) is 0 Å². The van der Waals surface area contributed by atoms with Crippen molar-refractivity contribution in [3.63, 3.8) is 0 Å². The molecule has 0 aliphatic carbocycles. The second-order valence-corrected chi connectivity index (χ2v) is 16.8. The first-order chi connectivity index (χ1) is 29.8. The maximum atomic E-state index is 14.2. The number of carbonyl (C=O) groups excluding carboxylic acids is 4. The van der Waals surface area contributed by atoms with Crippen LogP contribution in [0.15, 0.2) is 54.6 Å². The summed E-state index contributed by atoms with van der Waals surface area (Å²) in [6, 6.07) is 17.4. The Bertz CT molecular complexity index is 2650. The molecule has 0 saturated carbocycles. The molecule has 0 fully saturated rings. The molecule has 6 heterocycles. The molecule has 0 radical (unpaired) electrons. The molecule has 6 aromatic rings. The van der Waals surface area contributed by atoms with Crippen LogP contribution in [-0.4, -0.2) is 89.7 Å². The molecule has 0 saturated heterocycles. The van der Waals surface area contributed by atoms with Gasteiger partial charge in [0, 0.05) is 89.0 Å². The molecule has 3 aromatic heterocycles. The lowest BCUT2D eigenvalue weighted by Gasteiger charge is -2.17. The fourth-order valence-corrected chi connectivity index (χ4v) is 9.71. The van der Waals surface area contributed by atoms with Crippen LogP contribution in [0, 0.1) is 0 Å². The van der Waals surface area contributed by atoms with E-state index in [0.29, 0.717) is 75.7 Å². The first-order valence-corrected chi connectivity index (χ1v) is 22.4. The molecule has 3 aromatic carbocycles. The van der Waals surface area contributed by atoms with E-state index in [1.54, 1.807) is 4.90 Å². The summed E-state index contributed by atoms with van der Waals surface area (Å²) in [7, 11) is 0.0733. The van der Waals surface area contributed by atoms with Gasteiger partial charge in [0.25, 0.3) is 17.7 Å². The number of nitrogens with zero attached hydrogens (tertiary/aromatic N) is 3. The Kier molecular flexibility index (Phi) is 11.9. The zero-order chi connectivity index (χ0) is 42.0. The average molecular weight is 846 g/mol. The van der Waals surface area contributed by atoms with Gasteiger partial charge in [-0.25, -0.2) is 0 Å². The number of aliphatic hydroxyl groups is 1. The standard InChI is InChI=1S/C46H52N7O7P/c1-2-59-61-60-24-8-3-5-9-43(55)51-20-16-28-32-26-38(49-35(32)10-13-40(28)51)45(57)53-22-18-30-33-27-39(50-36(33)12-15-42(30)53)46(58)52-21-17-29-31-25-37(48-34(31)11-14-41(29)52)44(56)47-19-6-4-7-23-54/h10-15,25-27,48-50,54,61H,2-9,16-24H2,1H3,(H,47,56). The molecule has 0 spiro atoms. The van der Waals surface area contributed by atoms with Gasteiger partial charge < -0.3 is 49.1 Å². The summed E-state index contributed by atoms with van der Waals surface area (Å²) in [5.74, 6) is -0.292. The number of anilines is 3. The number of H-pyrrole nitrogens is 3. The predicted molar refractivity (Wildman–Crippen MR) is 239 cm³/mol. The summed E-state index contributed by atoms with van der Waals surface area (Å²) < 4.78 is 10.7. The van der Waals surface area contributed by atoms with Crippen LogP contribution in [0.5, 0.6) is 0 Å². The highest BCUT2D eigenvalue weighted by Gasteiger charge is 2.33. The van der Waals surface area contributed by atoms with E-state index < -0.39 is 0 Å². The molecule has 14 nitrogen and oxygen atoms in total. The Balaban J connectivity index is 0.868. The number of aromatic amines is 3. The first-order valence-electron chi connectivity index (χ1n) is 21.6. The van der Waals surface area contributed by atoms with Gasteiger partial charge in [-0.05, 0) is 130 Å². The summed E-state index contributed by atoms with van der Waals surface area (Å²) in [4.78, 5) is 69.9. The summed E-state index contributed by atoms with van der Waals surface area (Å²) in [5.41, 5.74) is 9.79. The number of nitrogens with one attached hydrogen (secondary N) is 4. The molecule has 318 valence electrons. The van der Waals surface area contributed by atoms with E-state index in [1.807, 2.05) is 71.3 Å².